The number of nitrogens with one attached hydrogen (secondary N) is 3. The number of benzene rings is 1. The summed E-state index contributed by atoms with van der Waals surface area (Å²) in [5.74, 6) is 0.742. The van der Waals surface area contributed by atoms with Gasteiger partial charge in [-0.15, -0.1) is 24.0 Å². The molecule has 8 heteroatoms. The van der Waals surface area contributed by atoms with Crippen LogP contribution in [0.2, 0.25) is 0 Å². The molecule has 7 nitrogen and oxygen atoms in total. The summed E-state index contributed by atoms with van der Waals surface area (Å²) >= 11 is 0. The normalized spacial score (nSPS) is 11.1. The number of aliphatic imine (C=N–C) groups is 1. The lowest BCUT2D eigenvalue weighted by molar-refractivity contribution is 0.0951. The van der Waals surface area contributed by atoms with Crippen molar-refractivity contribution in [2.45, 2.75) is 33.2 Å². The van der Waals surface area contributed by atoms with Gasteiger partial charge in [-0.3, -0.25) is 4.79 Å². The molecule has 0 saturated heterocycles. The average molecular weight is 519 g/mol. The Morgan fingerprint density at radius 2 is 1.90 bits per heavy atom. The highest BCUT2D eigenvalue weighted by atomic mass is 127. The monoisotopic (exact) mass is 519 g/mol. The maximum Gasteiger partial charge on any atom is 0.251 e. The number of amides is 1. The fourth-order valence-corrected chi connectivity index (χ4v) is 2.50. The molecule has 0 atom stereocenters. The summed E-state index contributed by atoms with van der Waals surface area (Å²) in [6.07, 6.45) is 2.07. The lowest BCUT2D eigenvalue weighted by Gasteiger charge is -2.12. The molecule has 0 aliphatic rings. The van der Waals surface area contributed by atoms with Gasteiger partial charge in [0, 0.05) is 45.0 Å². The van der Waals surface area contributed by atoms with E-state index in [1.54, 1.807) is 0 Å². The Balaban J connectivity index is 0.00000784. The topological polar surface area (TPSA) is 78.0 Å². The molecule has 0 bridgehead atoms. The maximum atomic E-state index is 12.3. The standard InChI is InChI=1S/C21H37N5O2.HI/c1-5-22-21(24-12-7-8-15-28-6-2)25-17-18-10-9-11-19(16-18)20(27)23-13-14-26(3)4;/h9-11,16H,5-8,12-15,17H2,1-4H3,(H,23,27)(H2,22,24,25);1H. The van der Waals surface area contributed by atoms with E-state index in [-0.39, 0.29) is 29.9 Å². The molecule has 3 N–H and O–H groups in total. The Bertz CT molecular complexity index is 596. The van der Waals surface area contributed by atoms with E-state index in [0.29, 0.717) is 18.7 Å². The third kappa shape index (κ3) is 13.5. The Morgan fingerprint density at radius 1 is 1.10 bits per heavy atom. The molecule has 29 heavy (non-hydrogen) atoms. The zero-order valence-electron chi connectivity index (χ0n) is 18.3. The van der Waals surface area contributed by atoms with Crippen molar-refractivity contribution < 1.29 is 9.53 Å². The molecule has 0 aliphatic heterocycles. The molecule has 0 radical (unpaired) electrons. The summed E-state index contributed by atoms with van der Waals surface area (Å²) in [7, 11) is 3.97. The number of carbonyl (C=O) groups is 1. The van der Waals surface area contributed by atoms with E-state index in [9.17, 15) is 4.79 Å². The van der Waals surface area contributed by atoms with E-state index in [1.165, 1.54) is 0 Å². The van der Waals surface area contributed by atoms with E-state index in [2.05, 4.69) is 20.9 Å². The lowest BCUT2D eigenvalue weighted by Crippen LogP contribution is -2.37. The number of nitrogens with zero attached hydrogens (tertiary/aromatic N) is 2. The second-order valence-electron chi connectivity index (χ2n) is 6.79. The van der Waals surface area contributed by atoms with Crippen molar-refractivity contribution in [3.05, 3.63) is 35.4 Å². The molecule has 1 aromatic carbocycles. The summed E-state index contributed by atoms with van der Waals surface area (Å²) in [5.41, 5.74) is 1.68. The highest BCUT2D eigenvalue weighted by molar-refractivity contribution is 14.0. The van der Waals surface area contributed by atoms with Crippen molar-refractivity contribution in [1.29, 1.82) is 0 Å². The predicted molar refractivity (Wildman–Crippen MR) is 131 cm³/mol. The smallest absolute Gasteiger partial charge is 0.251 e. The molecule has 1 rings (SSSR count). The SMILES string of the molecule is CCNC(=NCc1cccc(C(=O)NCCN(C)C)c1)NCCCCOCC.I. The highest BCUT2D eigenvalue weighted by Crippen LogP contribution is 2.07. The van der Waals surface area contributed by atoms with Gasteiger partial charge in [0.25, 0.3) is 5.91 Å². The van der Waals surface area contributed by atoms with Crippen molar-refractivity contribution in [2.75, 3.05) is 53.5 Å². The zero-order chi connectivity index (χ0) is 20.6. The Kier molecular flexibility index (Phi) is 16.6. The second-order valence-corrected chi connectivity index (χ2v) is 6.79. The Morgan fingerprint density at radius 3 is 2.59 bits per heavy atom. The number of likely N-dealkylation sites (N-methyl/N-ethyl adjacent to an activating group) is 1. The van der Waals surface area contributed by atoms with E-state index >= 15 is 0 Å². The van der Waals surface area contributed by atoms with E-state index in [1.807, 2.05) is 57.1 Å². The minimum absolute atomic E-state index is 0. The number of ether oxygens (including phenoxy) is 1. The first kappa shape index (κ1) is 27.6. The van der Waals surface area contributed by atoms with Crippen LogP contribution in [0.25, 0.3) is 0 Å². The van der Waals surface area contributed by atoms with Gasteiger partial charge < -0.3 is 25.6 Å². The Hall–Kier alpha value is -1.39. The second kappa shape index (κ2) is 17.5. The van der Waals surface area contributed by atoms with Gasteiger partial charge in [-0.25, -0.2) is 4.99 Å². The summed E-state index contributed by atoms with van der Waals surface area (Å²) in [4.78, 5) is 18.9. The minimum Gasteiger partial charge on any atom is -0.382 e. The molecule has 0 fully saturated rings. The summed E-state index contributed by atoms with van der Waals surface area (Å²) in [5, 5.41) is 9.54. The number of rotatable bonds is 13. The van der Waals surface area contributed by atoms with Gasteiger partial charge in [-0.1, -0.05) is 12.1 Å². The highest BCUT2D eigenvalue weighted by Gasteiger charge is 2.06. The van der Waals surface area contributed by atoms with Crippen molar-refractivity contribution >= 4 is 35.8 Å². The van der Waals surface area contributed by atoms with Gasteiger partial charge in [0.05, 0.1) is 6.54 Å². The van der Waals surface area contributed by atoms with Crippen LogP contribution in [0.4, 0.5) is 0 Å². The van der Waals surface area contributed by atoms with Crippen LogP contribution in [0.5, 0.6) is 0 Å². The van der Waals surface area contributed by atoms with Gasteiger partial charge >= 0.3 is 0 Å². The van der Waals surface area contributed by atoms with E-state index in [0.717, 1.165) is 57.2 Å². The number of hydrogen-bond donors (Lipinski definition) is 3. The molecule has 0 spiro atoms. The molecule has 166 valence electrons. The molecule has 0 aromatic heterocycles. The fraction of sp³-hybridized carbons (Fsp3) is 0.619. The summed E-state index contributed by atoms with van der Waals surface area (Å²) < 4.78 is 5.35. The van der Waals surface area contributed by atoms with Crippen LogP contribution in [-0.2, 0) is 11.3 Å². The molecule has 0 saturated carbocycles. The molecular formula is C21H38IN5O2. The maximum absolute atomic E-state index is 12.3. The first-order valence-electron chi connectivity index (χ1n) is 10.2. The average Bonchev–Trinajstić information content (AvgIpc) is 2.68. The largest absolute Gasteiger partial charge is 0.382 e. The zero-order valence-corrected chi connectivity index (χ0v) is 20.6. The molecular weight excluding hydrogens is 481 g/mol. The van der Waals surface area contributed by atoms with E-state index in [4.69, 9.17) is 4.74 Å². The number of halogens is 1. The van der Waals surface area contributed by atoms with Gasteiger partial charge in [-0.2, -0.15) is 0 Å². The van der Waals surface area contributed by atoms with Crippen molar-refractivity contribution in [3.8, 4) is 0 Å². The Labute approximate surface area is 193 Å². The van der Waals surface area contributed by atoms with Crippen LogP contribution in [-0.4, -0.2) is 70.3 Å². The third-order valence-electron chi connectivity index (χ3n) is 4.01. The molecule has 0 unspecified atom stereocenters. The van der Waals surface area contributed by atoms with Crippen molar-refractivity contribution in [3.63, 3.8) is 0 Å². The van der Waals surface area contributed by atoms with E-state index < -0.39 is 0 Å². The molecule has 1 amide bonds. The minimum atomic E-state index is -0.0491. The fourth-order valence-electron chi connectivity index (χ4n) is 2.50. The van der Waals surface area contributed by atoms with Crippen LogP contribution >= 0.6 is 24.0 Å². The van der Waals surface area contributed by atoms with Gasteiger partial charge in [0.15, 0.2) is 5.96 Å². The first-order chi connectivity index (χ1) is 13.6. The van der Waals surface area contributed by atoms with Crippen LogP contribution < -0.4 is 16.0 Å². The quantitative estimate of drug-likeness (QED) is 0.162. The number of unbranched alkanes of at least 4 members (excludes halogenated alkanes) is 1. The summed E-state index contributed by atoms with van der Waals surface area (Å²) in [6.45, 7) is 9.25. The number of guanidine groups is 1. The number of carbonyl (C=O) groups excluding carboxylic acids is 1. The predicted octanol–water partition coefficient (Wildman–Crippen LogP) is 2.47. The van der Waals surface area contributed by atoms with Gasteiger partial charge in [-0.05, 0) is 58.5 Å². The van der Waals surface area contributed by atoms with Crippen LogP contribution in [0.1, 0.15) is 42.6 Å². The van der Waals surface area contributed by atoms with Crippen LogP contribution in [0.15, 0.2) is 29.3 Å². The third-order valence-corrected chi connectivity index (χ3v) is 4.01. The lowest BCUT2D eigenvalue weighted by atomic mass is 10.1. The van der Waals surface area contributed by atoms with Crippen LogP contribution in [0, 0.1) is 0 Å². The van der Waals surface area contributed by atoms with Crippen LogP contribution in [0.3, 0.4) is 0 Å². The summed E-state index contributed by atoms with van der Waals surface area (Å²) in [6, 6.07) is 7.63. The van der Waals surface area contributed by atoms with Gasteiger partial charge in [0.2, 0.25) is 0 Å². The number of hydrogen-bond acceptors (Lipinski definition) is 4. The first-order valence-corrected chi connectivity index (χ1v) is 10.2. The molecule has 0 aliphatic carbocycles. The van der Waals surface area contributed by atoms with Crippen molar-refractivity contribution in [2.24, 2.45) is 4.99 Å². The molecule has 0 heterocycles. The van der Waals surface area contributed by atoms with Crippen molar-refractivity contribution in [1.82, 2.24) is 20.9 Å². The van der Waals surface area contributed by atoms with Gasteiger partial charge in [0.1, 0.15) is 0 Å². The molecule has 1 aromatic rings.